The number of nitrogens with zero attached hydrogens (tertiary/aromatic N) is 1. The Morgan fingerprint density at radius 1 is 0.964 bits per heavy atom. The summed E-state index contributed by atoms with van der Waals surface area (Å²) in [5, 5.41) is 6.91. The number of amides is 2. The largest absolute Gasteiger partial charge is 0.347 e. The molecule has 1 aromatic heterocycles. The third-order valence-corrected chi connectivity index (χ3v) is 5.20. The molecule has 1 aliphatic carbocycles. The first-order valence-electron chi connectivity index (χ1n) is 9.73. The lowest BCUT2D eigenvalue weighted by Gasteiger charge is -2.12. The molecule has 2 amide bonds. The molecule has 0 spiro atoms. The smallest absolute Gasteiger partial charge is 0.270 e. The number of anilines is 1. The van der Waals surface area contributed by atoms with Gasteiger partial charge in [0.05, 0.1) is 5.52 Å². The van der Waals surface area contributed by atoms with Crippen molar-refractivity contribution in [1.82, 2.24) is 10.3 Å². The van der Waals surface area contributed by atoms with Gasteiger partial charge in [0.2, 0.25) is 5.91 Å². The van der Waals surface area contributed by atoms with Gasteiger partial charge in [-0.2, -0.15) is 0 Å². The van der Waals surface area contributed by atoms with Crippen LogP contribution in [0.5, 0.6) is 0 Å². The van der Waals surface area contributed by atoms with Gasteiger partial charge in [0.15, 0.2) is 0 Å². The van der Waals surface area contributed by atoms with Crippen LogP contribution in [0, 0.1) is 5.92 Å². The molecule has 3 aromatic rings. The van der Waals surface area contributed by atoms with Gasteiger partial charge in [0, 0.05) is 23.5 Å². The molecule has 0 bridgehead atoms. The Hall–Kier alpha value is -3.21. The van der Waals surface area contributed by atoms with Crippen molar-refractivity contribution in [3.8, 4) is 0 Å². The van der Waals surface area contributed by atoms with E-state index in [0.29, 0.717) is 12.2 Å². The number of rotatable bonds is 5. The molecule has 1 heterocycles. The second-order valence-corrected chi connectivity index (χ2v) is 7.24. The van der Waals surface area contributed by atoms with E-state index in [4.69, 9.17) is 0 Å². The van der Waals surface area contributed by atoms with E-state index in [1.54, 1.807) is 6.07 Å². The maximum absolute atomic E-state index is 12.5. The van der Waals surface area contributed by atoms with E-state index >= 15 is 0 Å². The Bertz CT molecular complexity index is 1010. The minimum atomic E-state index is -0.217. The molecule has 1 fully saturated rings. The van der Waals surface area contributed by atoms with Gasteiger partial charge in [-0.3, -0.25) is 9.59 Å². The molecule has 0 saturated heterocycles. The molecule has 2 N–H and O–H groups in total. The highest BCUT2D eigenvalue weighted by Gasteiger charge is 2.22. The van der Waals surface area contributed by atoms with E-state index in [2.05, 4.69) is 15.6 Å². The van der Waals surface area contributed by atoms with Gasteiger partial charge < -0.3 is 10.6 Å². The quantitative estimate of drug-likeness (QED) is 0.701. The number of carbonyl (C=O) groups excluding carboxylic acids is 2. The molecule has 2 aromatic carbocycles. The summed E-state index contributed by atoms with van der Waals surface area (Å²) in [5.41, 5.74) is 2.89. The molecule has 1 saturated carbocycles. The predicted molar refractivity (Wildman–Crippen MR) is 110 cm³/mol. The number of benzene rings is 2. The minimum absolute atomic E-state index is 0.0963. The molecule has 0 unspecified atom stereocenters. The zero-order chi connectivity index (χ0) is 19.3. The molecule has 0 aliphatic heterocycles. The van der Waals surface area contributed by atoms with E-state index in [1.165, 1.54) is 0 Å². The summed E-state index contributed by atoms with van der Waals surface area (Å²) in [5.74, 6) is 0.00698. The van der Waals surface area contributed by atoms with E-state index in [9.17, 15) is 9.59 Å². The highest BCUT2D eigenvalue weighted by Crippen LogP contribution is 2.26. The average Bonchev–Trinajstić information content (AvgIpc) is 3.27. The van der Waals surface area contributed by atoms with Gasteiger partial charge in [-0.05, 0) is 42.7 Å². The number of carbonyl (C=O) groups is 2. The highest BCUT2D eigenvalue weighted by molar-refractivity contribution is 5.95. The Morgan fingerprint density at radius 2 is 1.79 bits per heavy atom. The molecular weight excluding hydrogens is 350 g/mol. The maximum Gasteiger partial charge on any atom is 0.270 e. The molecule has 5 nitrogen and oxygen atoms in total. The Morgan fingerprint density at radius 3 is 2.64 bits per heavy atom. The van der Waals surface area contributed by atoms with E-state index in [1.807, 2.05) is 54.6 Å². The second-order valence-electron chi connectivity index (χ2n) is 7.24. The first kappa shape index (κ1) is 18.2. The summed E-state index contributed by atoms with van der Waals surface area (Å²) in [4.78, 5) is 29.2. The average molecular weight is 373 g/mol. The van der Waals surface area contributed by atoms with Crippen molar-refractivity contribution >= 4 is 28.4 Å². The molecule has 142 valence electrons. The lowest BCUT2D eigenvalue weighted by atomic mass is 10.1. The third kappa shape index (κ3) is 4.19. The van der Waals surface area contributed by atoms with Crippen LogP contribution in [0.15, 0.2) is 60.7 Å². The zero-order valence-electron chi connectivity index (χ0n) is 15.7. The molecular formula is C23H23N3O2. The summed E-state index contributed by atoms with van der Waals surface area (Å²) in [6.45, 7) is 0.375. The van der Waals surface area contributed by atoms with Gasteiger partial charge in [-0.25, -0.2) is 4.98 Å². The summed E-state index contributed by atoms with van der Waals surface area (Å²) in [7, 11) is 0. The fourth-order valence-corrected chi connectivity index (χ4v) is 3.66. The van der Waals surface area contributed by atoms with Crippen molar-refractivity contribution < 1.29 is 9.59 Å². The van der Waals surface area contributed by atoms with Crippen molar-refractivity contribution in [1.29, 1.82) is 0 Å². The van der Waals surface area contributed by atoms with Crippen LogP contribution in [0.4, 0.5) is 5.69 Å². The maximum atomic E-state index is 12.5. The van der Waals surface area contributed by atoms with Crippen LogP contribution in [0.25, 0.3) is 10.9 Å². The van der Waals surface area contributed by atoms with Gasteiger partial charge in [-0.15, -0.1) is 0 Å². The number of para-hydroxylation sites is 1. The Balaban J connectivity index is 1.38. The van der Waals surface area contributed by atoms with E-state index in [0.717, 1.165) is 47.8 Å². The standard InChI is InChI=1S/C23H23N3O2/c27-22(18-8-1-2-9-18)25-19-10-5-6-16(14-19)15-24-23(28)21-13-12-17-7-3-4-11-20(17)26-21/h3-7,10-14,18H,1-2,8-9,15H2,(H,24,28)(H,25,27). The summed E-state index contributed by atoms with van der Waals surface area (Å²) in [6.07, 6.45) is 4.21. The van der Waals surface area contributed by atoms with Crippen molar-refractivity contribution in [3.63, 3.8) is 0 Å². The molecule has 0 radical (unpaired) electrons. The fraction of sp³-hybridized carbons (Fsp3) is 0.261. The molecule has 4 rings (SSSR count). The Kier molecular flexibility index (Phi) is 5.33. The topological polar surface area (TPSA) is 71.1 Å². The number of pyridine rings is 1. The number of fused-ring (bicyclic) bond motifs is 1. The van der Waals surface area contributed by atoms with Crippen LogP contribution in [-0.2, 0) is 11.3 Å². The molecule has 28 heavy (non-hydrogen) atoms. The minimum Gasteiger partial charge on any atom is -0.347 e. The van der Waals surface area contributed by atoms with Gasteiger partial charge in [-0.1, -0.05) is 49.2 Å². The van der Waals surface area contributed by atoms with Gasteiger partial charge >= 0.3 is 0 Å². The van der Waals surface area contributed by atoms with Crippen LogP contribution in [-0.4, -0.2) is 16.8 Å². The second kappa shape index (κ2) is 8.21. The lowest BCUT2D eigenvalue weighted by Crippen LogP contribution is -2.24. The number of nitrogens with one attached hydrogen (secondary N) is 2. The molecule has 0 atom stereocenters. The summed E-state index contributed by atoms with van der Waals surface area (Å²) >= 11 is 0. The van der Waals surface area contributed by atoms with Crippen LogP contribution >= 0.6 is 0 Å². The summed E-state index contributed by atoms with van der Waals surface area (Å²) < 4.78 is 0. The van der Waals surface area contributed by atoms with Crippen LogP contribution in [0.3, 0.4) is 0 Å². The Labute approximate surface area is 164 Å². The van der Waals surface area contributed by atoms with Gasteiger partial charge in [0.25, 0.3) is 5.91 Å². The predicted octanol–water partition coefficient (Wildman–Crippen LogP) is 4.29. The molecule has 1 aliphatic rings. The van der Waals surface area contributed by atoms with Gasteiger partial charge in [0.1, 0.15) is 5.69 Å². The lowest BCUT2D eigenvalue weighted by molar-refractivity contribution is -0.119. The first-order valence-corrected chi connectivity index (χ1v) is 9.73. The third-order valence-electron chi connectivity index (χ3n) is 5.20. The van der Waals surface area contributed by atoms with Crippen molar-refractivity contribution in [3.05, 3.63) is 71.9 Å². The fourth-order valence-electron chi connectivity index (χ4n) is 3.66. The normalized spacial score (nSPS) is 14.1. The van der Waals surface area contributed by atoms with Crippen LogP contribution < -0.4 is 10.6 Å². The number of hydrogen-bond acceptors (Lipinski definition) is 3. The van der Waals surface area contributed by atoms with Crippen molar-refractivity contribution in [2.24, 2.45) is 5.92 Å². The number of hydrogen-bond donors (Lipinski definition) is 2. The van der Waals surface area contributed by atoms with Crippen molar-refractivity contribution in [2.75, 3.05) is 5.32 Å². The highest BCUT2D eigenvalue weighted by atomic mass is 16.2. The first-order chi connectivity index (χ1) is 13.7. The van der Waals surface area contributed by atoms with E-state index in [-0.39, 0.29) is 17.7 Å². The molecule has 5 heteroatoms. The monoisotopic (exact) mass is 373 g/mol. The van der Waals surface area contributed by atoms with Crippen LogP contribution in [0.2, 0.25) is 0 Å². The van der Waals surface area contributed by atoms with Crippen molar-refractivity contribution in [2.45, 2.75) is 32.2 Å². The van der Waals surface area contributed by atoms with Crippen LogP contribution in [0.1, 0.15) is 41.7 Å². The van der Waals surface area contributed by atoms with E-state index < -0.39 is 0 Å². The number of aromatic nitrogens is 1. The SMILES string of the molecule is O=C(NCc1cccc(NC(=O)C2CCCC2)c1)c1ccc2ccccc2n1. The summed E-state index contributed by atoms with van der Waals surface area (Å²) in [6, 6.07) is 18.9. The zero-order valence-corrected chi connectivity index (χ0v) is 15.7.